The zero-order chi connectivity index (χ0) is 10.8. The minimum absolute atomic E-state index is 0.123. The Kier molecular flexibility index (Phi) is 3.92. The molecule has 0 bridgehead atoms. The molecule has 0 radical (unpaired) electrons. The van der Waals surface area contributed by atoms with E-state index in [2.05, 4.69) is 41.6 Å². The van der Waals surface area contributed by atoms with Crippen molar-refractivity contribution in [2.75, 3.05) is 6.61 Å². The van der Waals surface area contributed by atoms with Gasteiger partial charge in [-0.2, -0.15) is 0 Å². The van der Waals surface area contributed by atoms with Crippen molar-refractivity contribution in [3.05, 3.63) is 32.9 Å². The standard InChI is InChI=1S/C11H16INO/c1-8-7-9(3-4-10(8)12)11(2,13)5-6-14/h3-4,7,14H,5-6,13H2,1-2H3/t11-/m0/s1. The molecule has 0 saturated carbocycles. The lowest BCUT2D eigenvalue weighted by molar-refractivity contribution is 0.247. The van der Waals surface area contributed by atoms with Crippen LogP contribution in [0.1, 0.15) is 24.5 Å². The third kappa shape index (κ3) is 2.68. The molecule has 78 valence electrons. The molecule has 0 amide bonds. The number of benzene rings is 1. The number of aliphatic hydroxyl groups excluding tert-OH is 1. The van der Waals surface area contributed by atoms with Gasteiger partial charge in [-0.15, -0.1) is 0 Å². The van der Waals surface area contributed by atoms with Gasteiger partial charge in [-0.05, 0) is 60.1 Å². The third-order valence-corrected chi connectivity index (χ3v) is 3.66. The van der Waals surface area contributed by atoms with E-state index in [1.165, 1.54) is 9.13 Å². The first-order chi connectivity index (χ1) is 6.47. The summed E-state index contributed by atoms with van der Waals surface area (Å²) in [4.78, 5) is 0. The highest BCUT2D eigenvalue weighted by molar-refractivity contribution is 14.1. The molecule has 0 aliphatic rings. The zero-order valence-corrected chi connectivity index (χ0v) is 10.7. The molecule has 2 nitrogen and oxygen atoms in total. The Bertz CT molecular complexity index is 323. The number of halogens is 1. The Hall–Kier alpha value is -0.130. The smallest absolute Gasteiger partial charge is 0.0451 e. The monoisotopic (exact) mass is 305 g/mol. The molecule has 0 spiro atoms. The maximum Gasteiger partial charge on any atom is 0.0451 e. The SMILES string of the molecule is Cc1cc([C@@](C)(N)CCO)ccc1I. The van der Waals surface area contributed by atoms with E-state index in [0.29, 0.717) is 6.42 Å². The first-order valence-electron chi connectivity index (χ1n) is 4.64. The quantitative estimate of drug-likeness (QED) is 0.841. The number of aliphatic hydroxyl groups is 1. The van der Waals surface area contributed by atoms with Gasteiger partial charge in [0.15, 0.2) is 0 Å². The van der Waals surface area contributed by atoms with E-state index in [4.69, 9.17) is 10.8 Å². The normalized spacial score (nSPS) is 15.2. The maximum absolute atomic E-state index is 8.91. The average Bonchev–Trinajstić information content (AvgIpc) is 2.09. The van der Waals surface area contributed by atoms with Crippen molar-refractivity contribution in [2.24, 2.45) is 5.73 Å². The Morgan fingerprint density at radius 2 is 2.14 bits per heavy atom. The number of hydrogen-bond donors (Lipinski definition) is 2. The van der Waals surface area contributed by atoms with Gasteiger partial charge in [0.1, 0.15) is 0 Å². The van der Waals surface area contributed by atoms with Gasteiger partial charge in [0.25, 0.3) is 0 Å². The highest BCUT2D eigenvalue weighted by atomic mass is 127. The maximum atomic E-state index is 8.91. The van der Waals surface area contributed by atoms with Crippen LogP contribution in [0.5, 0.6) is 0 Å². The Balaban J connectivity index is 3.01. The molecule has 1 aromatic rings. The molecule has 3 heteroatoms. The van der Waals surface area contributed by atoms with Gasteiger partial charge in [0, 0.05) is 15.7 Å². The molecule has 0 fully saturated rings. The molecule has 0 unspecified atom stereocenters. The molecular formula is C11H16INO. The molecule has 1 atom stereocenters. The van der Waals surface area contributed by atoms with Crippen LogP contribution in [0.15, 0.2) is 18.2 Å². The van der Waals surface area contributed by atoms with E-state index in [1.54, 1.807) is 0 Å². The van der Waals surface area contributed by atoms with Crippen molar-refractivity contribution in [2.45, 2.75) is 25.8 Å². The van der Waals surface area contributed by atoms with Gasteiger partial charge < -0.3 is 10.8 Å². The zero-order valence-electron chi connectivity index (χ0n) is 8.55. The van der Waals surface area contributed by atoms with Crippen LogP contribution in [-0.2, 0) is 5.54 Å². The van der Waals surface area contributed by atoms with E-state index in [-0.39, 0.29) is 6.61 Å². The Morgan fingerprint density at radius 3 is 2.64 bits per heavy atom. The van der Waals surface area contributed by atoms with Crippen LogP contribution in [0.4, 0.5) is 0 Å². The third-order valence-electron chi connectivity index (χ3n) is 2.45. The summed E-state index contributed by atoms with van der Waals surface area (Å²) in [6.07, 6.45) is 0.590. The van der Waals surface area contributed by atoms with E-state index in [9.17, 15) is 0 Å². The van der Waals surface area contributed by atoms with Crippen molar-refractivity contribution in [1.29, 1.82) is 0 Å². The van der Waals surface area contributed by atoms with Crippen molar-refractivity contribution < 1.29 is 5.11 Å². The van der Waals surface area contributed by atoms with Crippen molar-refractivity contribution >= 4 is 22.6 Å². The average molecular weight is 305 g/mol. The van der Waals surface area contributed by atoms with Gasteiger partial charge >= 0.3 is 0 Å². The number of nitrogens with two attached hydrogens (primary N) is 1. The number of rotatable bonds is 3. The van der Waals surface area contributed by atoms with E-state index in [0.717, 1.165) is 5.56 Å². The van der Waals surface area contributed by atoms with Crippen LogP contribution in [0.3, 0.4) is 0 Å². The van der Waals surface area contributed by atoms with Crippen molar-refractivity contribution in [1.82, 2.24) is 0 Å². The molecule has 0 saturated heterocycles. The number of hydrogen-bond acceptors (Lipinski definition) is 2. The van der Waals surface area contributed by atoms with E-state index in [1.807, 2.05) is 13.0 Å². The van der Waals surface area contributed by atoms with Gasteiger partial charge in [0.05, 0.1) is 0 Å². The Morgan fingerprint density at radius 1 is 1.50 bits per heavy atom. The fraction of sp³-hybridized carbons (Fsp3) is 0.455. The van der Waals surface area contributed by atoms with Crippen molar-refractivity contribution in [3.8, 4) is 0 Å². The second kappa shape index (κ2) is 4.59. The molecule has 0 heterocycles. The molecule has 14 heavy (non-hydrogen) atoms. The van der Waals surface area contributed by atoms with E-state index < -0.39 is 5.54 Å². The Labute approximate surface area is 98.7 Å². The van der Waals surface area contributed by atoms with Gasteiger partial charge in [-0.1, -0.05) is 12.1 Å². The minimum Gasteiger partial charge on any atom is -0.396 e. The van der Waals surface area contributed by atoms with Crippen molar-refractivity contribution in [3.63, 3.8) is 0 Å². The summed E-state index contributed by atoms with van der Waals surface area (Å²) >= 11 is 2.30. The first-order valence-corrected chi connectivity index (χ1v) is 5.71. The highest BCUT2D eigenvalue weighted by Gasteiger charge is 2.20. The van der Waals surface area contributed by atoms with Crippen LogP contribution in [0, 0.1) is 10.5 Å². The lowest BCUT2D eigenvalue weighted by Gasteiger charge is -2.24. The molecule has 3 N–H and O–H groups in total. The van der Waals surface area contributed by atoms with Crippen LogP contribution in [0.2, 0.25) is 0 Å². The molecule has 0 aliphatic carbocycles. The van der Waals surface area contributed by atoms with Gasteiger partial charge in [-0.3, -0.25) is 0 Å². The molecule has 0 aliphatic heterocycles. The molecule has 1 rings (SSSR count). The second-order valence-electron chi connectivity index (χ2n) is 3.86. The molecule has 1 aromatic carbocycles. The highest BCUT2D eigenvalue weighted by Crippen LogP contribution is 2.24. The van der Waals surface area contributed by atoms with Crippen LogP contribution >= 0.6 is 22.6 Å². The van der Waals surface area contributed by atoms with Crippen LogP contribution in [-0.4, -0.2) is 11.7 Å². The molecule has 0 aromatic heterocycles. The summed E-state index contributed by atoms with van der Waals surface area (Å²) in [5.74, 6) is 0. The van der Waals surface area contributed by atoms with Crippen LogP contribution in [0.25, 0.3) is 0 Å². The summed E-state index contributed by atoms with van der Waals surface area (Å²) in [6.45, 7) is 4.14. The van der Waals surface area contributed by atoms with Gasteiger partial charge in [0.2, 0.25) is 0 Å². The van der Waals surface area contributed by atoms with Gasteiger partial charge in [-0.25, -0.2) is 0 Å². The van der Waals surface area contributed by atoms with E-state index >= 15 is 0 Å². The summed E-state index contributed by atoms with van der Waals surface area (Å²) < 4.78 is 1.24. The molecular weight excluding hydrogens is 289 g/mol. The summed E-state index contributed by atoms with van der Waals surface area (Å²) in [7, 11) is 0. The predicted molar refractivity (Wildman–Crippen MR) is 67.1 cm³/mol. The summed E-state index contributed by atoms with van der Waals surface area (Å²) in [6, 6.07) is 6.19. The fourth-order valence-electron chi connectivity index (χ4n) is 1.38. The number of aryl methyl sites for hydroxylation is 1. The first kappa shape index (κ1) is 11.9. The minimum atomic E-state index is -0.427. The summed E-state index contributed by atoms with van der Waals surface area (Å²) in [5.41, 5.74) is 8.00. The lowest BCUT2D eigenvalue weighted by atomic mass is 9.89. The topological polar surface area (TPSA) is 46.2 Å². The fourth-order valence-corrected chi connectivity index (χ4v) is 1.71. The second-order valence-corrected chi connectivity index (χ2v) is 5.02. The largest absolute Gasteiger partial charge is 0.396 e. The van der Waals surface area contributed by atoms with Crippen LogP contribution < -0.4 is 5.73 Å². The predicted octanol–water partition coefficient (Wildman–Crippen LogP) is 2.16. The lowest BCUT2D eigenvalue weighted by Crippen LogP contribution is -2.34. The summed E-state index contributed by atoms with van der Waals surface area (Å²) in [5, 5.41) is 8.91.